The van der Waals surface area contributed by atoms with E-state index in [2.05, 4.69) is 13.5 Å². The molecule has 0 atom stereocenters. The number of benzene rings is 1. The van der Waals surface area contributed by atoms with Crippen molar-refractivity contribution in [2.45, 2.75) is 46.2 Å². The Hall–Kier alpha value is -2.78. The predicted octanol–water partition coefficient (Wildman–Crippen LogP) is 5.63. The summed E-state index contributed by atoms with van der Waals surface area (Å²) in [5, 5.41) is 0.389. The highest BCUT2D eigenvalue weighted by molar-refractivity contribution is 8.02. The van der Waals surface area contributed by atoms with Crippen LogP contribution >= 0.6 is 23.4 Å². The molecule has 8 nitrogen and oxygen atoms in total. The van der Waals surface area contributed by atoms with Gasteiger partial charge in [0.25, 0.3) is 0 Å². The summed E-state index contributed by atoms with van der Waals surface area (Å²) in [6.07, 6.45) is 6.53. The second-order valence-electron chi connectivity index (χ2n) is 8.16. The highest BCUT2D eigenvalue weighted by Gasteiger charge is 2.29. The quantitative estimate of drug-likeness (QED) is 0.120. The molecule has 37 heavy (non-hydrogen) atoms. The Balaban J connectivity index is 2.00. The van der Waals surface area contributed by atoms with Crippen molar-refractivity contribution in [1.82, 2.24) is 4.90 Å². The van der Waals surface area contributed by atoms with Gasteiger partial charge in [-0.05, 0) is 53.3 Å². The minimum absolute atomic E-state index is 0.0454. The van der Waals surface area contributed by atoms with E-state index in [0.29, 0.717) is 47.6 Å². The topological polar surface area (TPSA) is 83.5 Å². The molecule has 1 aromatic carbocycles. The molecule has 0 radical (unpaired) electrons. The van der Waals surface area contributed by atoms with E-state index < -0.39 is 0 Å². The summed E-state index contributed by atoms with van der Waals surface area (Å²) in [5.74, 6) is 0.935. The summed E-state index contributed by atoms with van der Waals surface area (Å²) in [6.45, 7) is 9.22. The normalized spacial score (nSPS) is 13.2. The number of nitrogens with zero attached hydrogens (tertiary/aromatic N) is 1. The van der Waals surface area contributed by atoms with Crippen molar-refractivity contribution in [3.05, 3.63) is 57.4 Å². The van der Waals surface area contributed by atoms with E-state index in [0.717, 1.165) is 17.5 Å². The molecule has 0 N–H and O–H groups in total. The van der Waals surface area contributed by atoms with Gasteiger partial charge in [-0.25, -0.2) is 0 Å². The van der Waals surface area contributed by atoms with Crippen LogP contribution in [0, 0.1) is 0 Å². The van der Waals surface area contributed by atoms with E-state index in [4.69, 9.17) is 35.3 Å². The van der Waals surface area contributed by atoms with Gasteiger partial charge in [-0.1, -0.05) is 25.1 Å². The number of amides is 1. The summed E-state index contributed by atoms with van der Waals surface area (Å²) in [7, 11) is 3.12. The maximum atomic E-state index is 12.6. The molecule has 1 aromatic rings. The lowest BCUT2D eigenvalue weighted by Crippen LogP contribution is -2.25. The summed E-state index contributed by atoms with van der Waals surface area (Å²) < 4.78 is 27.3. The van der Waals surface area contributed by atoms with Crippen molar-refractivity contribution < 1.29 is 33.3 Å². The molecule has 1 aliphatic heterocycles. The number of methoxy groups -OCH3 is 2. The monoisotopic (exact) mass is 553 g/mol. The fourth-order valence-corrected chi connectivity index (χ4v) is 4.44. The van der Waals surface area contributed by atoms with E-state index in [1.807, 2.05) is 18.4 Å². The lowest BCUT2D eigenvalue weighted by Gasteiger charge is -2.16. The van der Waals surface area contributed by atoms with Crippen molar-refractivity contribution in [3.8, 4) is 11.5 Å². The Morgan fingerprint density at radius 2 is 1.95 bits per heavy atom. The lowest BCUT2D eigenvalue weighted by atomic mass is 10.1. The number of hydrogen-bond donors (Lipinski definition) is 0. The Kier molecular flexibility index (Phi) is 12.7. The molecule has 10 heteroatoms. The smallest absolute Gasteiger partial charge is 0.306 e. The van der Waals surface area contributed by atoms with Crippen LogP contribution in [0.5, 0.6) is 11.5 Å². The Morgan fingerprint density at radius 3 is 2.57 bits per heavy atom. The molecule has 0 aliphatic carbocycles. The number of esters is 1. The lowest BCUT2D eigenvalue weighted by molar-refractivity contribution is -0.145. The van der Waals surface area contributed by atoms with E-state index in [1.54, 1.807) is 37.0 Å². The number of hydrogen-bond acceptors (Lipinski definition) is 8. The molecule has 0 unspecified atom stereocenters. The van der Waals surface area contributed by atoms with Gasteiger partial charge in [0.15, 0.2) is 17.3 Å². The van der Waals surface area contributed by atoms with Gasteiger partial charge in [0, 0.05) is 19.5 Å². The van der Waals surface area contributed by atoms with Crippen LogP contribution in [-0.4, -0.2) is 57.1 Å². The molecule has 0 saturated carbocycles. The molecular formula is C27H36ClNO7S. The largest absolute Gasteiger partial charge is 0.494 e. The van der Waals surface area contributed by atoms with Crippen molar-refractivity contribution >= 4 is 35.2 Å². The first-order valence-corrected chi connectivity index (χ1v) is 13.6. The average Bonchev–Trinajstić information content (AvgIpc) is 3.33. The third-order valence-corrected chi connectivity index (χ3v) is 6.90. The van der Waals surface area contributed by atoms with Gasteiger partial charge < -0.3 is 28.6 Å². The zero-order valence-corrected chi connectivity index (χ0v) is 23.8. The summed E-state index contributed by atoms with van der Waals surface area (Å²) in [6, 6.07) is 1.82. The van der Waals surface area contributed by atoms with Gasteiger partial charge in [-0.3, -0.25) is 9.59 Å². The molecule has 0 aromatic heterocycles. The van der Waals surface area contributed by atoms with E-state index in [1.165, 1.54) is 12.0 Å². The third kappa shape index (κ3) is 8.93. The highest BCUT2D eigenvalue weighted by Crippen LogP contribution is 2.43. The van der Waals surface area contributed by atoms with Gasteiger partial charge in [0.2, 0.25) is 5.91 Å². The highest BCUT2D eigenvalue weighted by atomic mass is 35.5. The first-order valence-electron chi connectivity index (χ1n) is 12.0. The van der Waals surface area contributed by atoms with Gasteiger partial charge >= 0.3 is 5.97 Å². The van der Waals surface area contributed by atoms with Crippen LogP contribution in [0.15, 0.2) is 41.2 Å². The Labute approximate surface area is 228 Å². The molecule has 204 valence electrons. The third-order valence-electron chi connectivity index (χ3n) is 5.57. The standard InChI is InChI=1S/C27H36ClNO7S/c1-7-21(37-6)12-20(32-4)17-34-15-18(3)16-36-27-23(33-5)11-19-13-29(14-22(19)26(27)28)24(30)9-10-25(31)35-8-2/h11-12,17H,3,7-10,13-16H2,1-2,4-6H3/b20-17-,21-12+. The van der Waals surface area contributed by atoms with Crippen molar-refractivity contribution in [3.63, 3.8) is 0 Å². The SMILES string of the molecule is C=C(CO/C=C(/C=C(\CC)SC)OC)COc1c(OC)cc2c(c1Cl)CN(C(=O)CCC(=O)OCC)C2. The zero-order valence-electron chi connectivity index (χ0n) is 22.2. The molecule has 1 amide bonds. The number of rotatable bonds is 15. The summed E-state index contributed by atoms with van der Waals surface area (Å²) in [5.41, 5.74) is 2.36. The van der Waals surface area contributed by atoms with Crippen molar-refractivity contribution in [2.24, 2.45) is 0 Å². The second kappa shape index (κ2) is 15.5. The molecule has 0 fully saturated rings. The first kappa shape index (κ1) is 30.4. The maximum absolute atomic E-state index is 12.6. The minimum Gasteiger partial charge on any atom is -0.494 e. The second-order valence-corrected chi connectivity index (χ2v) is 9.47. The van der Waals surface area contributed by atoms with Crippen molar-refractivity contribution in [2.75, 3.05) is 40.3 Å². The number of ether oxygens (including phenoxy) is 5. The number of halogens is 1. The van der Waals surface area contributed by atoms with E-state index in [-0.39, 0.29) is 37.9 Å². The fraction of sp³-hybridized carbons (Fsp3) is 0.481. The molecule has 1 aliphatic rings. The zero-order chi connectivity index (χ0) is 27.4. The molecule has 0 saturated heterocycles. The minimum atomic E-state index is -0.386. The molecule has 0 bridgehead atoms. The van der Waals surface area contributed by atoms with Crippen LogP contribution < -0.4 is 9.47 Å². The number of allylic oxidation sites excluding steroid dienone is 2. The van der Waals surface area contributed by atoms with Crippen LogP contribution in [0.1, 0.15) is 44.2 Å². The molecule has 2 rings (SSSR count). The van der Waals surface area contributed by atoms with Gasteiger partial charge in [0.1, 0.15) is 19.5 Å². The van der Waals surface area contributed by atoms with Gasteiger partial charge in [-0.2, -0.15) is 0 Å². The summed E-state index contributed by atoms with van der Waals surface area (Å²) >= 11 is 8.35. The first-order chi connectivity index (χ1) is 17.8. The number of carbonyl (C=O) groups excluding carboxylic acids is 2. The van der Waals surface area contributed by atoms with Crippen molar-refractivity contribution in [1.29, 1.82) is 0 Å². The maximum Gasteiger partial charge on any atom is 0.306 e. The average molecular weight is 554 g/mol. The van der Waals surface area contributed by atoms with Crippen LogP contribution in [0.25, 0.3) is 0 Å². The predicted molar refractivity (Wildman–Crippen MR) is 146 cm³/mol. The molecule has 0 spiro atoms. The van der Waals surface area contributed by atoms with Gasteiger partial charge in [-0.15, -0.1) is 11.8 Å². The van der Waals surface area contributed by atoms with E-state index in [9.17, 15) is 9.59 Å². The number of thioether (sulfide) groups is 1. The number of carbonyl (C=O) groups is 2. The Morgan fingerprint density at radius 1 is 1.19 bits per heavy atom. The summed E-state index contributed by atoms with van der Waals surface area (Å²) in [4.78, 5) is 27.0. The van der Waals surface area contributed by atoms with Crippen LogP contribution in [0.2, 0.25) is 5.02 Å². The molecule has 1 heterocycles. The van der Waals surface area contributed by atoms with E-state index >= 15 is 0 Å². The molecular weight excluding hydrogens is 518 g/mol. The van der Waals surface area contributed by atoms with Crippen LogP contribution in [0.4, 0.5) is 0 Å². The van der Waals surface area contributed by atoms with Gasteiger partial charge in [0.05, 0.1) is 32.3 Å². The number of fused-ring (bicyclic) bond motifs is 1. The Bertz CT molecular complexity index is 1030. The fourth-order valence-electron chi connectivity index (χ4n) is 3.59. The van der Waals surface area contributed by atoms with Crippen LogP contribution in [0.3, 0.4) is 0 Å². The van der Waals surface area contributed by atoms with Crippen LogP contribution in [-0.2, 0) is 36.9 Å².